The molecule has 0 aliphatic carbocycles. The highest BCUT2D eigenvalue weighted by Crippen LogP contribution is 2.24. The maximum absolute atomic E-state index is 12.2. The van der Waals surface area contributed by atoms with Crippen molar-refractivity contribution in [3.8, 4) is 5.19 Å². The van der Waals surface area contributed by atoms with Crippen molar-refractivity contribution in [1.82, 2.24) is 20.0 Å². The topological polar surface area (TPSA) is 70.6 Å². The molecule has 8 heteroatoms. The summed E-state index contributed by atoms with van der Waals surface area (Å²) in [4.78, 5) is 16.7. The third kappa shape index (κ3) is 3.86. The molecule has 22 heavy (non-hydrogen) atoms. The molecule has 2 amide bonds. The van der Waals surface area contributed by atoms with Gasteiger partial charge >= 0.3 is 6.03 Å². The summed E-state index contributed by atoms with van der Waals surface area (Å²) in [5.41, 5.74) is 0. The van der Waals surface area contributed by atoms with Gasteiger partial charge < -0.3 is 14.5 Å². The van der Waals surface area contributed by atoms with Crippen molar-refractivity contribution >= 4 is 22.5 Å². The third-order valence-electron chi connectivity index (χ3n) is 4.33. The summed E-state index contributed by atoms with van der Waals surface area (Å²) >= 11 is 1.24. The summed E-state index contributed by atoms with van der Waals surface area (Å²) in [5.74, 6) is 0.591. The van der Waals surface area contributed by atoms with Crippen LogP contribution in [0.2, 0.25) is 0 Å². The molecule has 0 bridgehead atoms. The van der Waals surface area contributed by atoms with Crippen molar-refractivity contribution < 1.29 is 9.53 Å². The number of carbonyl (C=O) groups is 1. The van der Waals surface area contributed by atoms with Gasteiger partial charge in [-0.05, 0) is 49.6 Å². The fourth-order valence-electron chi connectivity index (χ4n) is 3.19. The first-order chi connectivity index (χ1) is 10.7. The highest BCUT2D eigenvalue weighted by molar-refractivity contribution is 7.17. The van der Waals surface area contributed by atoms with E-state index >= 15 is 0 Å². The van der Waals surface area contributed by atoms with Crippen LogP contribution in [0.5, 0.6) is 5.19 Å². The van der Waals surface area contributed by atoms with E-state index in [0.29, 0.717) is 16.2 Å². The number of amides is 2. The van der Waals surface area contributed by atoms with Gasteiger partial charge in [0.2, 0.25) is 5.13 Å². The third-order valence-corrected chi connectivity index (χ3v) is 5.13. The monoisotopic (exact) mass is 325 g/mol. The van der Waals surface area contributed by atoms with Gasteiger partial charge in [0.15, 0.2) is 0 Å². The van der Waals surface area contributed by atoms with Gasteiger partial charge in [-0.2, -0.15) is 0 Å². The van der Waals surface area contributed by atoms with Gasteiger partial charge in [-0.15, -0.1) is 5.10 Å². The van der Waals surface area contributed by atoms with Gasteiger partial charge in [0.05, 0.1) is 7.11 Å². The number of carbonyl (C=O) groups excluding carboxylic acids is 1. The van der Waals surface area contributed by atoms with Crippen LogP contribution in [-0.4, -0.2) is 65.9 Å². The Morgan fingerprint density at radius 3 is 2.86 bits per heavy atom. The number of rotatable bonds is 4. The lowest BCUT2D eigenvalue weighted by Crippen LogP contribution is -2.37. The number of hydrogen-bond donors (Lipinski definition) is 1. The highest BCUT2D eigenvalue weighted by atomic mass is 32.1. The van der Waals surface area contributed by atoms with Crippen molar-refractivity contribution in [2.24, 2.45) is 5.92 Å². The molecule has 0 unspecified atom stereocenters. The smallest absolute Gasteiger partial charge is 0.323 e. The maximum Gasteiger partial charge on any atom is 0.323 e. The van der Waals surface area contributed by atoms with Gasteiger partial charge in [0.25, 0.3) is 5.19 Å². The van der Waals surface area contributed by atoms with E-state index in [9.17, 15) is 4.79 Å². The van der Waals surface area contributed by atoms with Gasteiger partial charge in [0, 0.05) is 19.6 Å². The Morgan fingerprint density at radius 2 is 2.14 bits per heavy atom. The number of hydrogen-bond acceptors (Lipinski definition) is 6. The molecule has 2 aliphatic rings. The highest BCUT2D eigenvalue weighted by Gasteiger charge is 2.28. The molecule has 1 N–H and O–H groups in total. The zero-order chi connectivity index (χ0) is 15.4. The second-order valence-corrected chi connectivity index (χ2v) is 6.91. The zero-order valence-corrected chi connectivity index (χ0v) is 13.8. The predicted octanol–water partition coefficient (Wildman–Crippen LogP) is 1.89. The van der Waals surface area contributed by atoms with Crippen LogP contribution >= 0.6 is 11.3 Å². The molecule has 2 saturated heterocycles. The number of methoxy groups -OCH3 is 1. The van der Waals surface area contributed by atoms with Crippen LogP contribution in [0, 0.1) is 5.92 Å². The van der Waals surface area contributed by atoms with E-state index in [0.717, 1.165) is 26.1 Å². The number of likely N-dealkylation sites (tertiary alicyclic amines) is 2. The molecule has 1 atom stereocenters. The fourth-order valence-corrected chi connectivity index (χ4v) is 3.74. The number of nitrogens with one attached hydrogen (secondary N) is 1. The van der Waals surface area contributed by atoms with Crippen LogP contribution < -0.4 is 10.1 Å². The largest absolute Gasteiger partial charge is 0.472 e. The van der Waals surface area contributed by atoms with Crippen molar-refractivity contribution in [2.75, 3.05) is 45.2 Å². The normalized spacial score (nSPS) is 22.8. The molecule has 0 saturated carbocycles. The lowest BCUT2D eigenvalue weighted by Gasteiger charge is -2.28. The molecule has 1 aromatic heterocycles. The van der Waals surface area contributed by atoms with Crippen molar-refractivity contribution in [2.45, 2.75) is 25.7 Å². The van der Waals surface area contributed by atoms with E-state index in [1.807, 2.05) is 4.90 Å². The van der Waals surface area contributed by atoms with Crippen LogP contribution in [0.3, 0.4) is 0 Å². The average molecular weight is 325 g/mol. The summed E-state index contributed by atoms with van der Waals surface area (Å²) < 4.78 is 4.98. The average Bonchev–Trinajstić information content (AvgIpc) is 3.17. The Hall–Kier alpha value is -1.41. The van der Waals surface area contributed by atoms with E-state index < -0.39 is 0 Å². The Bertz CT molecular complexity index is 503. The quantitative estimate of drug-likeness (QED) is 0.915. The summed E-state index contributed by atoms with van der Waals surface area (Å²) in [6.45, 7) is 5.20. The molecule has 122 valence electrons. The molecule has 3 rings (SSSR count). The fraction of sp³-hybridized carbons (Fsp3) is 0.786. The second kappa shape index (κ2) is 7.23. The molecule has 0 spiro atoms. The Kier molecular flexibility index (Phi) is 5.09. The molecule has 2 aliphatic heterocycles. The van der Waals surface area contributed by atoms with Gasteiger partial charge in [-0.3, -0.25) is 5.32 Å². The molecule has 2 fully saturated rings. The number of anilines is 1. The van der Waals surface area contributed by atoms with E-state index in [1.165, 1.54) is 50.8 Å². The molecule has 7 nitrogen and oxygen atoms in total. The van der Waals surface area contributed by atoms with Gasteiger partial charge in [-0.1, -0.05) is 11.5 Å². The van der Waals surface area contributed by atoms with Gasteiger partial charge in [0.1, 0.15) is 0 Å². The van der Waals surface area contributed by atoms with E-state index in [4.69, 9.17) is 4.74 Å². The van der Waals surface area contributed by atoms with Crippen LogP contribution in [0.15, 0.2) is 0 Å². The van der Waals surface area contributed by atoms with E-state index in [-0.39, 0.29) is 6.03 Å². The number of piperidine rings is 1. The molecular weight excluding hydrogens is 302 g/mol. The standard InChI is InChI=1S/C14H23N5O2S/c1-21-14-17-16-12(22-14)15-13(20)19-8-5-11(10-19)9-18-6-3-2-4-7-18/h11H,2-10H2,1H3,(H,15,16,20)/t11-/m1/s1. The maximum atomic E-state index is 12.2. The minimum Gasteiger partial charge on any atom is -0.472 e. The minimum atomic E-state index is -0.0834. The van der Waals surface area contributed by atoms with Crippen molar-refractivity contribution in [3.63, 3.8) is 0 Å². The number of aromatic nitrogens is 2. The summed E-state index contributed by atoms with van der Waals surface area (Å²) in [5, 5.41) is 11.4. The predicted molar refractivity (Wildman–Crippen MR) is 85.5 cm³/mol. The molecular formula is C14H23N5O2S. The second-order valence-electron chi connectivity index (χ2n) is 5.97. The number of urea groups is 1. The van der Waals surface area contributed by atoms with Crippen LogP contribution in [0.25, 0.3) is 0 Å². The number of nitrogens with zero attached hydrogens (tertiary/aromatic N) is 4. The molecule has 0 aromatic carbocycles. The number of ether oxygens (including phenoxy) is 1. The first-order valence-corrected chi connectivity index (χ1v) is 8.72. The van der Waals surface area contributed by atoms with Crippen molar-refractivity contribution in [1.29, 1.82) is 0 Å². The Morgan fingerprint density at radius 1 is 1.32 bits per heavy atom. The van der Waals surface area contributed by atoms with Gasteiger partial charge in [-0.25, -0.2) is 4.79 Å². The van der Waals surface area contributed by atoms with Crippen LogP contribution in [0.4, 0.5) is 9.93 Å². The van der Waals surface area contributed by atoms with E-state index in [2.05, 4.69) is 20.4 Å². The minimum absolute atomic E-state index is 0.0834. The molecule has 1 aromatic rings. The first kappa shape index (κ1) is 15.5. The summed E-state index contributed by atoms with van der Waals surface area (Å²) in [6.07, 6.45) is 5.08. The zero-order valence-electron chi connectivity index (χ0n) is 13.0. The molecule has 0 radical (unpaired) electrons. The summed E-state index contributed by atoms with van der Waals surface area (Å²) in [6, 6.07) is -0.0834. The van der Waals surface area contributed by atoms with Crippen molar-refractivity contribution in [3.05, 3.63) is 0 Å². The van der Waals surface area contributed by atoms with Crippen LogP contribution in [0.1, 0.15) is 25.7 Å². The summed E-state index contributed by atoms with van der Waals surface area (Å²) in [7, 11) is 1.54. The van der Waals surface area contributed by atoms with Crippen LogP contribution in [-0.2, 0) is 0 Å². The Balaban J connectivity index is 1.45. The molecule has 3 heterocycles. The lowest BCUT2D eigenvalue weighted by molar-refractivity contribution is 0.192. The SMILES string of the molecule is COc1nnc(NC(=O)N2CC[C@H](CN3CCCCC3)C2)s1. The Labute approximate surface area is 134 Å². The van der Waals surface area contributed by atoms with E-state index in [1.54, 1.807) is 0 Å². The first-order valence-electron chi connectivity index (χ1n) is 7.90. The lowest BCUT2D eigenvalue weighted by atomic mass is 10.1.